The second-order valence-corrected chi connectivity index (χ2v) is 6.03. The molecule has 0 saturated heterocycles. The molecule has 0 amide bonds. The maximum Gasteiger partial charge on any atom is 0.241 e. The van der Waals surface area contributed by atoms with Crippen molar-refractivity contribution in [2.45, 2.75) is 11.3 Å². The van der Waals surface area contributed by atoms with Crippen LogP contribution in [0.5, 0.6) is 0 Å². The first-order chi connectivity index (χ1) is 9.50. The fraction of sp³-hybridized carbons (Fsp3) is 0.182. The Morgan fingerprint density at radius 1 is 1.40 bits per heavy atom. The predicted molar refractivity (Wildman–Crippen MR) is 75.5 cm³/mol. The van der Waals surface area contributed by atoms with Gasteiger partial charge in [-0.25, -0.2) is 13.1 Å². The zero-order chi connectivity index (χ0) is 14.6. The van der Waals surface area contributed by atoms with Gasteiger partial charge in [-0.05, 0) is 6.07 Å². The van der Waals surface area contributed by atoms with Gasteiger partial charge in [-0.2, -0.15) is 4.98 Å². The number of benzene rings is 1. The Hall–Kier alpha value is -1.84. The molecule has 0 fully saturated rings. The Kier molecular flexibility index (Phi) is 4.42. The zero-order valence-corrected chi connectivity index (χ0v) is 11.9. The summed E-state index contributed by atoms with van der Waals surface area (Å²) in [4.78, 5) is 3.89. The molecule has 9 heteroatoms. The lowest BCUT2D eigenvalue weighted by molar-refractivity contribution is 0.410. The molecule has 1 aromatic heterocycles. The van der Waals surface area contributed by atoms with E-state index in [2.05, 4.69) is 19.4 Å². The van der Waals surface area contributed by atoms with Gasteiger partial charge in [0.05, 0.1) is 4.90 Å². The minimum absolute atomic E-state index is 0.0316. The molecule has 106 valence electrons. The number of rotatable bonds is 6. The number of nitrogens with zero attached hydrogens (tertiary/aromatic N) is 2. The summed E-state index contributed by atoms with van der Waals surface area (Å²) in [6.45, 7) is 0.146. The van der Waals surface area contributed by atoms with Crippen LogP contribution in [0.1, 0.15) is 11.4 Å². The third-order valence-electron chi connectivity index (χ3n) is 2.49. The number of hydrogen-bond acceptors (Lipinski definition) is 6. The molecule has 0 atom stereocenters. The first-order valence-electron chi connectivity index (χ1n) is 5.64. The number of nitrogens with one attached hydrogen (secondary N) is 1. The van der Waals surface area contributed by atoms with Gasteiger partial charge in [-0.15, -0.1) is 0 Å². The fourth-order valence-corrected chi connectivity index (χ4v) is 3.08. The highest BCUT2D eigenvalue weighted by molar-refractivity contribution is 7.89. The van der Waals surface area contributed by atoms with Crippen molar-refractivity contribution in [2.24, 2.45) is 5.73 Å². The molecule has 7 nitrogen and oxygen atoms in total. The second kappa shape index (κ2) is 6.07. The monoisotopic (exact) mass is 312 g/mol. The third kappa shape index (κ3) is 3.38. The van der Waals surface area contributed by atoms with E-state index >= 15 is 0 Å². The van der Waals surface area contributed by atoms with E-state index in [-0.39, 0.29) is 16.4 Å². The first-order valence-corrected chi connectivity index (χ1v) is 7.53. The van der Waals surface area contributed by atoms with E-state index in [0.717, 1.165) is 0 Å². The van der Waals surface area contributed by atoms with Crippen LogP contribution in [0.15, 0.2) is 40.1 Å². The fourth-order valence-electron chi connectivity index (χ4n) is 1.58. The van der Waals surface area contributed by atoms with Gasteiger partial charge in [0.25, 0.3) is 0 Å². The lowest BCUT2D eigenvalue weighted by atomic mass is 10.2. The van der Waals surface area contributed by atoms with E-state index in [1.165, 1.54) is 12.5 Å². The van der Waals surface area contributed by atoms with Gasteiger partial charge in [-0.3, -0.25) is 0 Å². The summed E-state index contributed by atoms with van der Waals surface area (Å²) in [5.74, 6) is 0.426. The van der Waals surface area contributed by atoms with E-state index in [1.54, 1.807) is 18.2 Å². The van der Waals surface area contributed by atoms with Crippen LogP contribution >= 0.6 is 12.2 Å². The van der Waals surface area contributed by atoms with E-state index in [1.807, 2.05) is 0 Å². The van der Waals surface area contributed by atoms with Crippen LogP contribution < -0.4 is 10.5 Å². The molecule has 1 aromatic carbocycles. The summed E-state index contributed by atoms with van der Waals surface area (Å²) in [6, 6.07) is 6.30. The molecule has 0 saturated carbocycles. The largest absolute Gasteiger partial charge is 0.389 e. The molecule has 0 spiro atoms. The number of aromatic nitrogens is 2. The molecule has 2 aromatic rings. The molecule has 0 aliphatic heterocycles. The van der Waals surface area contributed by atoms with Crippen LogP contribution in [-0.4, -0.2) is 30.1 Å². The molecular weight excluding hydrogens is 300 g/mol. The normalized spacial score (nSPS) is 11.4. The van der Waals surface area contributed by atoms with E-state index in [4.69, 9.17) is 18.0 Å². The predicted octanol–water partition coefficient (Wildman–Crippen LogP) is 0.225. The van der Waals surface area contributed by atoms with Crippen LogP contribution in [0.25, 0.3) is 0 Å². The van der Waals surface area contributed by atoms with Crippen molar-refractivity contribution in [3.05, 3.63) is 42.0 Å². The Morgan fingerprint density at radius 2 is 2.15 bits per heavy atom. The summed E-state index contributed by atoms with van der Waals surface area (Å²) in [5.41, 5.74) is 5.84. The Morgan fingerprint density at radius 3 is 2.80 bits per heavy atom. The lowest BCUT2D eigenvalue weighted by Crippen LogP contribution is -2.28. The molecule has 0 aliphatic carbocycles. The Labute approximate surface area is 121 Å². The molecule has 0 unspecified atom stereocenters. The number of nitrogens with two attached hydrogens (primary N) is 1. The van der Waals surface area contributed by atoms with Gasteiger partial charge < -0.3 is 10.3 Å². The highest BCUT2D eigenvalue weighted by Gasteiger charge is 2.19. The Bertz CT molecular complexity index is 698. The van der Waals surface area contributed by atoms with Crippen LogP contribution in [-0.2, 0) is 16.4 Å². The maximum absolute atomic E-state index is 12.2. The molecule has 0 bridgehead atoms. The zero-order valence-electron chi connectivity index (χ0n) is 10.3. The third-order valence-corrected chi connectivity index (χ3v) is 4.23. The summed E-state index contributed by atoms with van der Waals surface area (Å²) in [6.07, 6.45) is 1.51. The van der Waals surface area contributed by atoms with Crippen molar-refractivity contribution in [1.29, 1.82) is 0 Å². The molecule has 0 radical (unpaired) electrons. The van der Waals surface area contributed by atoms with Crippen molar-refractivity contribution in [3.8, 4) is 0 Å². The van der Waals surface area contributed by atoms with Gasteiger partial charge in [0.15, 0.2) is 5.82 Å². The SMILES string of the molecule is NC(=S)c1ccccc1S(=O)(=O)NCCc1ncon1. The topological polar surface area (TPSA) is 111 Å². The van der Waals surface area contributed by atoms with Gasteiger partial charge in [-0.1, -0.05) is 35.6 Å². The number of thiocarbonyl (C=S) groups is 1. The highest BCUT2D eigenvalue weighted by atomic mass is 32.2. The smallest absolute Gasteiger partial charge is 0.241 e. The van der Waals surface area contributed by atoms with Gasteiger partial charge in [0.2, 0.25) is 16.4 Å². The average molecular weight is 312 g/mol. The minimum atomic E-state index is -3.69. The average Bonchev–Trinajstić information content (AvgIpc) is 2.91. The quantitative estimate of drug-likeness (QED) is 0.734. The molecule has 0 aliphatic rings. The van der Waals surface area contributed by atoms with Crippen molar-refractivity contribution in [3.63, 3.8) is 0 Å². The Balaban J connectivity index is 2.12. The van der Waals surface area contributed by atoms with Gasteiger partial charge in [0, 0.05) is 18.5 Å². The molecular formula is C11H12N4O3S2. The van der Waals surface area contributed by atoms with Crippen LogP contribution in [0, 0.1) is 0 Å². The minimum Gasteiger partial charge on any atom is -0.389 e. The summed E-state index contributed by atoms with van der Waals surface area (Å²) in [7, 11) is -3.69. The van der Waals surface area contributed by atoms with Crippen LogP contribution in [0.4, 0.5) is 0 Å². The number of sulfonamides is 1. The first kappa shape index (κ1) is 14.6. The summed E-state index contributed by atoms with van der Waals surface area (Å²) < 4.78 is 31.4. The molecule has 2 rings (SSSR count). The van der Waals surface area contributed by atoms with Crippen molar-refractivity contribution >= 4 is 27.2 Å². The highest BCUT2D eigenvalue weighted by Crippen LogP contribution is 2.15. The van der Waals surface area contributed by atoms with Crippen molar-refractivity contribution < 1.29 is 12.9 Å². The maximum atomic E-state index is 12.2. The van der Waals surface area contributed by atoms with Crippen molar-refractivity contribution in [2.75, 3.05) is 6.54 Å². The van der Waals surface area contributed by atoms with Gasteiger partial charge >= 0.3 is 0 Å². The standard InChI is InChI=1S/C11H12N4O3S2/c12-11(19)8-3-1-2-4-9(8)20(16,17)14-6-5-10-13-7-18-15-10/h1-4,7,14H,5-6H2,(H2,12,19). The summed E-state index contributed by atoms with van der Waals surface area (Å²) >= 11 is 4.85. The van der Waals surface area contributed by atoms with Gasteiger partial charge in [0.1, 0.15) is 4.99 Å². The second-order valence-electron chi connectivity index (χ2n) is 3.86. The van der Waals surface area contributed by atoms with E-state index in [9.17, 15) is 8.42 Å². The lowest BCUT2D eigenvalue weighted by Gasteiger charge is -2.09. The van der Waals surface area contributed by atoms with E-state index in [0.29, 0.717) is 17.8 Å². The number of hydrogen-bond donors (Lipinski definition) is 2. The van der Waals surface area contributed by atoms with E-state index < -0.39 is 10.0 Å². The van der Waals surface area contributed by atoms with Crippen LogP contribution in [0.2, 0.25) is 0 Å². The van der Waals surface area contributed by atoms with Crippen molar-refractivity contribution in [1.82, 2.24) is 14.9 Å². The molecule has 20 heavy (non-hydrogen) atoms. The molecule has 3 N–H and O–H groups in total. The summed E-state index contributed by atoms with van der Waals surface area (Å²) in [5, 5.41) is 3.59. The molecule has 1 heterocycles. The van der Waals surface area contributed by atoms with Crippen LogP contribution in [0.3, 0.4) is 0 Å².